The van der Waals surface area contributed by atoms with Crippen LogP contribution in [0.5, 0.6) is 0 Å². The minimum atomic E-state index is -0.234. The van der Waals surface area contributed by atoms with Crippen molar-refractivity contribution < 1.29 is 4.79 Å². The zero-order valence-electron chi connectivity index (χ0n) is 11.0. The van der Waals surface area contributed by atoms with Gasteiger partial charge >= 0.3 is 0 Å². The lowest BCUT2D eigenvalue weighted by Crippen LogP contribution is -2.36. The minimum Gasteiger partial charge on any atom is -0.373 e. The maximum Gasteiger partial charge on any atom is 0.244 e. The van der Waals surface area contributed by atoms with Gasteiger partial charge in [0.05, 0.1) is 5.69 Å². The Morgan fingerprint density at radius 3 is 2.41 bits per heavy atom. The average molecular weight is 299 g/mol. The standard InChI is InChI=1S/C13H19BrN2O/c1-8-6-9(2)12(11(14)7-8)15-10(3)13(17)16(4)5/h6-7,10,15H,1-5H3. The number of halogens is 1. The molecule has 1 atom stereocenters. The van der Waals surface area contributed by atoms with Gasteiger partial charge in [0.1, 0.15) is 6.04 Å². The van der Waals surface area contributed by atoms with Crippen LogP contribution in [-0.4, -0.2) is 30.9 Å². The van der Waals surface area contributed by atoms with Crippen molar-refractivity contribution in [2.75, 3.05) is 19.4 Å². The lowest BCUT2D eigenvalue weighted by molar-refractivity contribution is -0.129. The molecule has 0 aliphatic carbocycles. The van der Waals surface area contributed by atoms with Gasteiger partial charge < -0.3 is 10.2 Å². The van der Waals surface area contributed by atoms with Crippen LogP contribution in [0.3, 0.4) is 0 Å². The second kappa shape index (κ2) is 5.54. The first-order chi connectivity index (χ1) is 7.82. The smallest absolute Gasteiger partial charge is 0.244 e. The highest BCUT2D eigenvalue weighted by molar-refractivity contribution is 9.10. The summed E-state index contributed by atoms with van der Waals surface area (Å²) in [6, 6.07) is 3.91. The fraction of sp³-hybridized carbons (Fsp3) is 0.462. The number of hydrogen-bond acceptors (Lipinski definition) is 2. The lowest BCUT2D eigenvalue weighted by atomic mass is 10.1. The molecule has 0 aromatic heterocycles. The van der Waals surface area contributed by atoms with Crippen molar-refractivity contribution >= 4 is 27.5 Å². The molecule has 0 aliphatic rings. The molecule has 0 fully saturated rings. The highest BCUT2D eigenvalue weighted by Crippen LogP contribution is 2.28. The van der Waals surface area contributed by atoms with Crippen molar-refractivity contribution in [2.24, 2.45) is 0 Å². The molecule has 1 aromatic carbocycles. The molecule has 0 heterocycles. The number of hydrogen-bond donors (Lipinski definition) is 1. The van der Waals surface area contributed by atoms with E-state index < -0.39 is 0 Å². The van der Waals surface area contributed by atoms with Crippen molar-refractivity contribution in [3.63, 3.8) is 0 Å². The van der Waals surface area contributed by atoms with Gasteiger partial charge in [-0.2, -0.15) is 0 Å². The van der Waals surface area contributed by atoms with Crippen LogP contribution in [0.25, 0.3) is 0 Å². The summed E-state index contributed by atoms with van der Waals surface area (Å²) < 4.78 is 0.994. The highest BCUT2D eigenvalue weighted by atomic mass is 79.9. The number of anilines is 1. The number of aryl methyl sites for hydroxylation is 2. The van der Waals surface area contributed by atoms with Crippen LogP contribution in [0.2, 0.25) is 0 Å². The van der Waals surface area contributed by atoms with E-state index in [9.17, 15) is 4.79 Å². The topological polar surface area (TPSA) is 32.3 Å². The number of amides is 1. The molecule has 0 radical (unpaired) electrons. The molecule has 0 spiro atoms. The normalized spacial score (nSPS) is 12.1. The van der Waals surface area contributed by atoms with E-state index in [1.807, 2.05) is 19.9 Å². The van der Waals surface area contributed by atoms with Crippen molar-refractivity contribution in [3.8, 4) is 0 Å². The average Bonchev–Trinajstić information content (AvgIpc) is 2.21. The zero-order chi connectivity index (χ0) is 13.2. The van der Waals surface area contributed by atoms with Gasteiger partial charge in [0.2, 0.25) is 5.91 Å². The Balaban J connectivity index is 2.92. The molecular formula is C13H19BrN2O. The molecule has 1 aromatic rings. The highest BCUT2D eigenvalue weighted by Gasteiger charge is 2.16. The van der Waals surface area contributed by atoms with Crippen LogP contribution >= 0.6 is 15.9 Å². The Hall–Kier alpha value is -1.03. The number of likely N-dealkylation sites (N-methyl/N-ethyl adjacent to an activating group) is 1. The quantitative estimate of drug-likeness (QED) is 0.930. The third kappa shape index (κ3) is 3.46. The van der Waals surface area contributed by atoms with Crippen molar-refractivity contribution in [1.29, 1.82) is 0 Å². The molecule has 17 heavy (non-hydrogen) atoms. The van der Waals surface area contributed by atoms with E-state index in [-0.39, 0.29) is 11.9 Å². The summed E-state index contributed by atoms with van der Waals surface area (Å²) in [7, 11) is 3.52. The molecule has 1 amide bonds. The van der Waals surface area contributed by atoms with Crippen LogP contribution in [-0.2, 0) is 4.79 Å². The van der Waals surface area contributed by atoms with Crippen LogP contribution in [0.1, 0.15) is 18.1 Å². The van der Waals surface area contributed by atoms with Crippen LogP contribution in [0.15, 0.2) is 16.6 Å². The molecule has 1 rings (SSSR count). The number of nitrogens with zero attached hydrogens (tertiary/aromatic N) is 1. The molecule has 0 saturated carbocycles. The maximum atomic E-state index is 11.8. The summed E-state index contributed by atoms with van der Waals surface area (Å²) in [5, 5.41) is 3.25. The Kier molecular flexibility index (Phi) is 4.57. The minimum absolute atomic E-state index is 0.0666. The predicted molar refractivity (Wildman–Crippen MR) is 75.4 cm³/mol. The number of carbonyl (C=O) groups excluding carboxylic acids is 1. The fourth-order valence-corrected chi connectivity index (χ4v) is 2.55. The fourth-order valence-electron chi connectivity index (χ4n) is 1.76. The van der Waals surface area contributed by atoms with E-state index in [1.54, 1.807) is 19.0 Å². The molecule has 4 heteroatoms. The summed E-state index contributed by atoms with van der Waals surface area (Å²) in [4.78, 5) is 13.4. The van der Waals surface area contributed by atoms with Crippen molar-refractivity contribution in [3.05, 3.63) is 27.7 Å². The molecule has 3 nitrogen and oxygen atoms in total. The van der Waals surface area contributed by atoms with E-state index in [1.165, 1.54) is 5.56 Å². The first kappa shape index (κ1) is 14.0. The second-order valence-corrected chi connectivity index (χ2v) is 5.39. The molecule has 0 aliphatic heterocycles. The number of nitrogens with one attached hydrogen (secondary N) is 1. The molecule has 1 N–H and O–H groups in total. The summed E-state index contributed by atoms with van der Waals surface area (Å²) in [5.41, 5.74) is 3.32. The molecule has 0 bridgehead atoms. The van der Waals surface area contributed by atoms with Gasteiger partial charge in [0, 0.05) is 18.6 Å². The third-order valence-electron chi connectivity index (χ3n) is 2.60. The lowest BCUT2D eigenvalue weighted by Gasteiger charge is -2.21. The Labute approximate surface area is 111 Å². The van der Waals surface area contributed by atoms with E-state index in [2.05, 4.69) is 34.2 Å². The summed E-state index contributed by atoms with van der Waals surface area (Å²) in [6.07, 6.45) is 0. The largest absolute Gasteiger partial charge is 0.373 e. The Morgan fingerprint density at radius 2 is 1.94 bits per heavy atom. The van der Waals surface area contributed by atoms with E-state index >= 15 is 0 Å². The van der Waals surface area contributed by atoms with E-state index in [4.69, 9.17) is 0 Å². The maximum absolute atomic E-state index is 11.8. The van der Waals surface area contributed by atoms with Gasteiger partial charge in [-0.15, -0.1) is 0 Å². The van der Waals surface area contributed by atoms with Gasteiger partial charge in [-0.05, 0) is 53.9 Å². The van der Waals surface area contributed by atoms with Crippen LogP contribution in [0, 0.1) is 13.8 Å². The predicted octanol–water partition coefficient (Wildman–Crippen LogP) is 2.95. The van der Waals surface area contributed by atoms with Gasteiger partial charge in [-0.3, -0.25) is 4.79 Å². The summed E-state index contributed by atoms with van der Waals surface area (Å²) in [6.45, 7) is 5.96. The van der Waals surface area contributed by atoms with Crippen LogP contribution in [0.4, 0.5) is 5.69 Å². The SMILES string of the molecule is Cc1cc(C)c(NC(C)C(=O)N(C)C)c(Br)c1. The third-order valence-corrected chi connectivity index (χ3v) is 3.23. The molecule has 94 valence electrons. The summed E-state index contributed by atoms with van der Waals surface area (Å²) in [5.74, 6) is 0.0666. The number of benzene rings is 1. The van der Waals surface area contributed by atoms with Crippen molar-refractivity contribution in [1.82, 2.24) is 4.90 Å². The van der Waals surface area contributed by atoms with Gasteiger partial charge in [-0.1, -0.05) is 6.07 Å². The van der Waals surface area contributed by atoms with E-state index in [0.29, 0.717) is 0 Å². The second-order valence-electron chi connectivity index (χ2n) is 4.54. The molecular weight excluding hydrogens is 280 g/mol. The summed E-state index contributed by atoms with van der Waals surface area (Å²) >= 11 is 3.53. The molecule has 0 saturated heterocycles. The van der Waals surface area contributed by atoms with Crippen LogP contribution < -0.4 is 5.32 Å². The Morgan fingerprint density at radius 1 is 1.35 bits per heavy atom. The Bertz CT molecular complexity index is 406. The van der Waals surface area contributed by atoms with Gasteiger partial charge in [-0.25, -0.2) is 0 Å². The van der Waals surface area contributed by atoms with Gasteiger partial charge in [0.15, 0.2) is 0 Å². The van der Waals surface area contributed by atoms with Gasteiger partial charge in [0.25, 0.3) is 0 Å². The monoisotopic (exact) mass is 298 g/mol. The number of carbonyl (C=O) groups is 1. The number of rotatable bonds is 3. The zero-order valence-corrected chi connectivity index (χ0v) is 12.6. The van der Waals surface area contributed by atoms with E-state index in [0.717, 1.165) is 15.7 Å². The first-order valence-electron chi connectivity index (χ1n) is 5.57. The molecule has 1 unspecified atom stereocenters. The van der Waals surface area contributed by atoms with Crippen molar-refractivity contribution in [2.45, 2.75) is 26.8 Å². The first-order valence-corrected chi connectivity index (χ1v) is 6.36.